The molecule has 5 heteroatoms. The molecule has 0 amide bonds. The Kier molecular flexibility index (Phi) is 9.25. The molecule has 1 heterocycles. The van der Waals surface area contributed by atoms with E-state index in [4.69, 9.17) is 0 Å². The minimum Gasteiger partial charge on any atom is -0.314 e. The van der Waals surface area contributed by atoms with Gasteiger partial charge in [-0.05, 0) is 43.0 Å². The van der Waals surface area contributed by atoms with Crippen LogP contribution in [0.5, 0.6) is 0 Å². The average Bonchev–Trinajstić information content (AvgIpc) is 2.47. The summed E-state index contributed by atoms with van der Waals surface area (Å²) in [5, 5.41) is 3.38. The van der Waals surface area contributed by atoms with Crippen LogP contribution in [0.2, 0.25) is 0 Å². The lowest BCUT2D eigenvalue weighted by molar-refractivity contribution is 0.162. The van der Waals surface area contributed by atoms with E-state index < -0.39 is 0 Å². The van der Waals surface area contributed by atoms with E-state index in [1.165, 1.54) is 6.07 Å². The maximum absolute atomic E-state index is 13.7. The number of piperazine rings is 1. The van der Waals surface area contributed by atoms with E-state index in [2.05, 4.69) is 38.8 Å². The Bertz CT molecular complexity index is 444. The number of allylic oxidation sites excluding steroid dienone is 1. The zero-order valence-electron chi connectivity index (χ0n) is 12.9. The van der Waals surface area contributed by atoms with Gasteiger partial charge in [-0.15, -0.1) is 19.0 Å². The van der Waals surface area contributed by atoms with Crippen molar-refractivity contribution >= 4 is 28.3 Å². The first-order valence-corrected chi connectivity index (χ1v) is 8.51. The molecule has 1 aliphatic rings. The predicted molar refractivity (Wildman–Crippen MR) is 97.2 cm³/mol. The van der Waals surface area contributed by atoms with Crippen LogP contribution in [0, 0.1) is 5.82 Å². The summed E-state index contributed by atoms with van der Waals surface area (Å²) in [6.45, 7) is 7.86. The third-order valence-corrected chi connectivity index (χ3v) is 4.46. The first-order chi connectivity index (χ1) is 10.2. The molecule has 1 fully saturated rings. The highest BCUT2D eigenvalue weighted by Crippen LogP contribution is 2.29. The standard InChI is InChI=1S/C17H24BrFN2.ClH/c1-2-3-4-5-6-17(21-9-7-20-8-10-21)14-11-15(18)13-16(19)12-14;/h2,11-13,17,20H,1,3-10H2;1H/t17-;/m0./s1. The summed E-state index contributed by atoms with van der Waals surface area (Å²) in [5.41, 5.74) is 1.09. The zero-order valence-corrected chi connectivity index (χ0v) is 15.3. The lowest BCUT2D eigenvalue weighted by Crippen LogP contribution is -2.45. The average molecular weight is 392 g/mol. The molecule has 0 aromatic heterocycles. The van der Waals surface area contributed by atoms with Crippen LogP contribution < -0.4 is 5.32 Å². The van der Waals surface area contributed by atoms with Crippen LogP contribution in [0.1, 0.15) is 37.3 Å². The molecule has 22 heavy (non-hydrogen) atoms. The summed E-state index contributed by atoms with van der Waals surface area (Å²) in [6, 6.07) is 5.58. The number of nitrogens with one attached hydrogen (secondary N) is 1. The van der Waals surface area contributed by atoms with Crippen LogP contribution in [0.25, 0.3) is 0 Å². The minimum atomic E-state index is -0.161. The molecule has 0 spiro atoms. The molecule has 0 radical (unpaired) electrons. The highest BCUT2D eigenvalue weighted by atomic mass is 79.9. The van der Waals surface area contributed by atoms with Crippen molar-refractivity contribution in [2.24, 2.45) is 0 Å². The monoisotopic (exact) mass is 390 g/mol. The maximum atomic E-state index is 13.7. The lowest BCUT2D eigenvalue weighted by atomic mass is 9.98. The van der Waals surface area contributed by atoms with Gasteiger partial charge in [0.2, 0.25) is 0 Å². The number of hydrogen-bond acceptors (Lipinski definition) is 2. The lowest BCUT2D eigenvalue weighted by Gasteiger charge is -2.35. The zero-order chi connectivity index (χ0) is 15.1. The summed E-state index contributed by atoms with van der Waals surface area (Å²) in [4.78, 5) is 2.48. The number of halogens is 3. The summed E-state index contributed by atoms with van der Waals surface area (Å²) >= 11 is 3.41. The van der Waals surface area contributed by atoms with E-state index >= 15 is 0 Å². The molecule has 2 nitrogen and oxygen atoms in total. The van der Waals surface area contributed by atoms with E-state index in [9.17, 15) is 4.39 Å². The smallest absolute Gasteiger partial charge is 0.124 e. The van der Waals surface area contributed by atoms with Crippen molar-refractivity contribution in [3.05, 3.63) is 46.7 Å². The van der Waals surface area contributed by atoms with Gasteiger partial charge in [0, 0.05) is 36.7 Å². The topological polar surface area (TPSA) is 15.3 Å². The van der Waals surface area contributed by atoms with E-state index in [1.807, 2.05) is 6.08 Å². The number of nitrogens with zero attached hydrogens (tertiary/aromatic N) is 1. The van der Waals surface area contributed by atoms with Crippen molar-refractivity contribution < 1.29 is 4.39 Å². The highest BCUT2D eigenvalue weighted by molar-refractivity contribution is 9.10. The van der Waals surface area contributed by atoms with Gasteiger partial charge >= 0.3 is 0 Å². The van der Waals surface area contributed by atoms with Crippen molar-refractivity contribution in [2.45, 2.75) is 31.7 Å². The normalized spacial score (nSPS) is 16.8. The molecule has 1 atom stereocenters. The van der Waals surface area contributed by atoms with E-state index in [-0.39, 0.29) is 18.2 Å². The molecule has 0 unspecified atom stereocenters. The van der Waals surface area contributed by atoms with Crippen molar-refractivity contribution in [1.82, 2.24) is 10.2 Å². The van der Waals surface area contributed by atoms with E-state index in [0.717, 1.165) is 61.9 Å². The molecule has 0 saturated carbocycles. The van der Waals surface area contributed by atoms with Gasteiger partial charge in [0.1, 0.15) is 5.82 Å². The Morgan fingerprint density at radius 1 is 1.27 bits per heavy atom. The second-order valence-electron chi connectivity index (χ2n) is 5.58. The molecule has 1 aromatic rings. The Morgan fingerprint density at radius 3 is 2.64 bits per heavy atom. The van der Waals surface area contributed by atoms with Crippen molar-refractivity contribution in [3.8, 4) is 0 Å². The number of hydrogen-bond donors (Lipinski definition) is 1. The van der Waals surface area contributed by atoms with Crippen LogP contribution in [0.15, 0.2) is 35.3 Å². The molecule has 1 aliphatic heterocycles. The Morgan fingerprint density at radius 2 is 2.00 bits per heavy atom. The van der Waals surface area contributed by atoms with Crippen LogP contribution in [-0.2, 0) is 0 Å². The van der Waals surface area contributed by atoms with Crippen LogP contribution >= 0.6 is 28.3 Å². The summed E-state index contributed by atoms with van der Waals surface area (Å²) < 4.78 is 14.5. The Labute approximate surface area is 147 Å². The highest BCUT2D eigenvalue weighted by Gasteiger charge is 2.22. The molecule has 1 aromatic carbocycles. The fourth-order valence-electron chi connectivity index (χ4n) is 2.95. The molecule has 124 valence electrons. The molecule has 1 saturated heterocycles. The third-order valence-electron chi connectivity index (χ3n) is 4.00. The van der Waals surface area contributed by atoms with Gasteiger partial charge in [0.25, 0.3) is 0 Å². The Hall–Kier alpha value is -0.420. The largest absolute Gasteiger partial charge is 0.314 e. The summed E-state index contributed by atoms with van der Waals surface area (Å²) in [7, 11) is 0. The number of unbranched alkanes of at least 4 members (excludes halogenated alkanes) is 2. The first-order valence-electron chi connectivity index (χ1n) is 7.72. The summed E-state index contributed by atoms with van der Waals surface area (Å²) in [6.07, 6.45) is 6.40. The third kappa shape index (κ3) is 5.99. The van der Waals surface area contributed by atoms with Gasteiger partial charge in [-0.25, -0.2) is 4.39 Å². The fraction of sp³-hybridized carbons (Fsp3) is 0.529. The van der Waals surface area contributed by atoms with Gasteiger partial charge in [0.05, 0.1) is 0 Å². The fourth-order valence-corrected chi connectivity index (χ4v) is 3.43. The number of benzene rings is 1. The number of rotatable bonds is 7. The molecule has 2 rings (SSSR count). The second kappa shape index (κ2) is 10.4. The maximum Gasteiger partial charge on any atom is 0.124 e. The van der Waals surface area contributed by atoms with Crippen LogP contribution in [0.4, 0.5) is 4.39 Å². The molecule has 0 aliphatic carbocycles. The van der Waals surface area contributed by atoms with Gasteiger partial charge in [-0.1, -0.05) is 28.4 Å². The molecule has 0 bridgehead atoms. The predicted octanol–water partition coefficient (Wildman–Crippen LogP) is 4.70. The second-order valence-corrected chi connectivity index (χ2v) is 6.49. The minimum absolute atomic E-state index is 0. The van der Waals surface area contributed by atoms with Gasteiger partial charge < -0.3 is 5.32 Å². The van der Waals surface area contributed by atoms with Gasteiger partial charge in [-0.3, -0.25) is 4.90 Å². The SMILES string of the molecule is C=CCCCC[C@@H](c1cc(F)cc(Br)c1)N1CCNCC1.Cl. The first kappa shape index (κ1) is 19.6. The van der Waals surface area contributed by atoms with Crippen molar-refractivity contribution in [1.29, 1.82) is 0 Å². The van der Waals surface area contributed by atoms with Gasteiger partial charge in [-0.2, -0.15) is 0 Å². The molecule has 1 N–H and O–H groups in total. The van der Waals surface area contributed by atoms with Gasteiger partial charge in [0.15, 0.2) is 0 Å². The van der Waals surface area contributed by atoms with Crippen molar-refractivity contribution in [3.63, 3.8) is 0 Å². The molecular formula is C17H25BrClFN2. The van der Waals surface area contributed by atoms with Crippen molar-refractivity contribution in [2.75, 3.05) is 26.2 Å². The quantitative estimate of drug-likeness (QED) is 0.535. The van der Waals surface area contributed by atoms with Crippen LogP contribution in [-0.4, -0.2) is 31.1 Å². The summed E-state index contributed by atoms with van der Waals surface area (Å²) in [5.74, 6) is -0.161. The van der Waals surface area contributed by atoms with E-state index in [1.54, 1.807) is 6.07 Å². The molecular weight excluding hydrogens is 367 g/mol. The van der Waals surface area contributed by atoms with Crippen LogP contribution in [0.3, 0.4) is 0 Å². The van der Waals surface area contributed by atoms with E-state index in [0.29, 0.717) is 6.04 Å². The Balaban J connectivity index is 0.00000242.